The normalized spacial score (nSPS) is 22.3. The van der Waals surface area contributed by atoms with Crippen molar-refractivity contribution in [2.75, 3.05) is 32.7 Å². The predicted molar refractivity (Wildman–Crippen MR) is 133 cm³/mol. The largest absolute Gasteiger partial charge is 0.445 e. The van der Waals surface area contributed by atoms with E-state index in [0.717, 1.165) is 44.3 Å². The molecule has 4 rings (SSSR count). The number of nitrogens with one attached hydrogen (secondary N) is 1. The number of rotatable bonds is 5. The number of carbonyl (C=O) groups excluding carboxylic acids is 2. The van der Waals surface area contributed by atoms with Crippen LogP contribution in [0.15, 0.2) is 30.3 Å². The molecule has 2 amide bonds. The van der Waals surface area contributed by atoms with Gasteiger partial charge < -0.3 is 29.7 Å². The van der Waals surface area contributed by atoms with Gasteiger partial charge in [0, 0.05) is 25.7 Å². The number of nitrogens with zero attached hydrogens (tertiary/aromatic N) is 2. The fraction of sp³-hybridized carbons (Fsp3) is 0.704. The van der Waals surface area contributed by atoms with E-state index < -0.39 is 11.2 Å². The number of ether oxygens (including phenoxy) is 2. The van der Waals surface area contributed by atoms with Crippen LogP contribution in [0.2, 0.25) is 0 Å². The molecule has 0 unspecified atom stereocenters. The van der Waals surface area contributed by atoms with Gasteiger partial charge in [-0.1, -0.05) is 30.3 Å². The number of hydrogen-bond acceptors (Lipinski definition) is 6. The number of β-amino-alcohol motifs (C(OH)–C–C–N with tert-alkyl or cyclic N) is 1. The summed E-state index contributed by atoms with van der Waals surface area (Å²) in [6.45, 7) is 9.52. The summed E-state index contributed by atoms with van der Waals surface area (Å²) >= 11 is 0. The van der Waals surface area contributed by atoms with Gasteiger partial charge in [-0.2, -0.15) is 0 Å². The maximum atomic E-state index is 12.3. The average molecular weight is 488 g/mol. The van der Waals surface area contributed by atoms with Gasteiger partial charge in [0.05, 0.1) is 5.60 Å². The topological polar surface area (TPSA) is 91.3 Å². The maximum absolute atomic E-state index is 12.3. The number of aliphatic hydroxyl groups is 1. The molecule has 0 aromatic heterocycles. The van der Waals surface area contributed by atoms with Crippen molar-refractivity contribution in [1.29, 1.82) is 0 Å². The molecule has 0 atom stereocenters. The van der Waals surface area contributed by atoms with Crippen molar-refractivity contribution in [1.82, 2.24) is 15.1 Å². The minimum atomic E-state index is -0.755. The van der Waals surface area contributed by atoms with Crippen molar-refractivity contribution in [3.8, 4) is 0 Å². The van der Waals surface area contributed by atoms with E-state index >= 15 is 0 Å². The van der Waals surface area contributed by atoms with Gasteiger partial charge in [-0.05, 0) is 83.4 Å². The van der Waals surface area contributed by atoms with Crippen LogP contribution in [-0.4, -0.2) is 77.1 Å². The zero-order valence-electron chi connectivity index (χ0n) is 21.4. The lowest BCUT2D eigenvalue weighted by atomic mass is 9.60. The zero-order valence-corrected chi connectivity index (χ0v) is 21.4. The molecule has 3 fully saturated rings. The number of benzene rings is 1. The Labute approximate surface area is 208 Å². The molecule has 2 saturated heterocycles. The summed E-state index contributed by atoms with van der Waals surface area (Å²) < 4.78 is 10.8. The SMILES string of the molecule is CC(C)(C)OC(=O)N1CCC(O)(CN2CCC3(CC2)CC(NC(=O)OCc2ccccc2)C3)CC1. The highest BCUT2D eigenvalue weighted by Gasteiger charge is 2.47. The van der Waals surface area contributed by atoms with Crippen LogP contribution in [0.3, 0.4) is 0 Å². The third-order valence-electron chi connectivity index (χ3n) is 7.67. The Morgan fingerprint density at radius 3 is 2.26 bits per heavy atom. The van der Waals surface area contributed by atoms with E-state index in [2.05, 4.69) is 10.2 Å². The molecule has 1 spiro atoms. The van der Waals surface area contributed by atoms with Gasteiger partial charge >= 0.3 is 12.2 Å². The monoisotopic (exact) mass is 487 g/mol. The first-order valence-corrected chi connectivity index (χ1v) is 12.9. The second-order valence-electron chi connectivity index (χ2n) is 11.8. The lowest BCUT2D eigenvalue weighted by Crippen LogP contribution is -2.57. The van der Waals surface area contributed by atoms with E-state index in [1.54, 1.807) is 4.90 Å². The minimum Gasteiger partial charge on any atom is -0.445 e. The van der Waals surface area contributed by atoms with Crippen LogP contribution in [0, 0.1) is 5.41 Å². The van der Waals surface area contributed by atoms with Crippen LogP contribution in [0.1, 0.15) is 64.9 Å². The third-order valence-corrected chi connectivity index (χ3v) is 7.67. The van der Waals surface area contributed by atoms with Gasteiger partial charge in [-0.3, -0.25) is 0 Å². The molecule has 0 radical (unpaired) electrons. The minimum absolute atomic E-state index is 0.186. The molecule has 2 heterocycles. The van der Waals surface area contributed by atoms with Gasteiger partial charge in [-0.15, -0.1) is 0 Å². The van der Waals surface area contributed by atoms with Crippen LogP contribution in [0.5, 0.6) is 0 Å². The van der Waals surface area contributed by atoms with Gasteiger partial charge in [0.25, 0.3) is 0 Å². The molecule has 1 saturated carbocycles. The van der Waals surface area contributed by atoms with Crippen LogP contribution in [0.4, 0.5) is 9.59 Å². The zero-order chi connectivity index (χ0) is 25.1. The van der Waals surface area contributed by atoms with Gasteiger partial charge in [-0.25, -0.2) is 9.59 Å². The molecule has 194 valence electrons. The van der Waals surface area contributed by atoms with E-state index in [4.69, 9.17) is 9.47 Å². The first kappa shape index (κ1) is 25.8. The number of carbonyl (C=O) groups is 2. The van der Waals surface area contributed by atoms with Crippen molar-refractivity contribution in [3.05, 3.63) is 35.9 Å². The molecule has 0 bridgehead atoms. The first-order chi connectivity index (χ1) is 16.5. The number of amides is 2. The van der Waals surface area contributed by atoms with Crippen LogP contribution >= 0.6 is 0 Å². The molecular weight excluding hydrogens is 446 g/mol. The van der Waals surface area contributed by atoms with E-state index in [0.29, 0.717) is 37.9 Å². The number of hydrogen-bond donors (Lipinski definition) is 2. The molecule has 1 aromatic rings. The smallest absolute Gasteiger partial charge is 0.410 e. The molecule has 3 aliphatic rings. The summed E-state index contributed by atoms with van der Waals surface area (Å²) in [4.78, 5) is 28.5. The van der Waals surface area contributed by atoms with E-state index in [9.17, 15) is 14.7 Å². The standard InChI is InChI=1S/C27H41N3O5/c1-25(2,3)35-24(32)30-15-11-27(33,12-16-30)20-29-13-9-26(10-14-29)17-22(18-26)28-23(31)34-19-21-7-5-4-6-8-21/h4-8,22,33H,9-20H2,1-3H3,(H,28,31). The van der Waals surface area contributed by atoms with Crippen LogP contribution in [-0.2, 0) is 16.1 Å². The molecule has 2 N–H and O–H groups in total. The Morgan fingerprint density at radius 1 is 1.03 bits per heavy atom. The summed E-state index contributed by atoms with van der Waals surface area (Å²) in [5, 5.41) is 14.2. The van der Waals surface area contributed by atoms with Crippen molar-refractivity contribution in [2.45, 2.75) is 83.1 Å². The fourth-order valence-corrected chi connectivity index (χ4v) is 5.62. The quantitative estimate of drug-likeness (QED) is 0.654. The van der Waals surface area contributed by atoms with E-state index in [1.165, 1.54) is 0 Å². The second-order valence-corrected chi connectivity index (χ2v) is 11.8. The van der Waals surface area contributed by atoms with E-state index in [1.807, 2.05) is 51.1 Å². The predicted octanol–water partition coefficient (Wildman–Crippen LogP) is 3.92. The number of alkyl carbamates (subject to hydrolysis) is 1. The summed E-state index contributed by atoms with van der Waals surface area (Å²) in [5.74, 6) is 0. The molecule has 2 aliphatic heterocycles. The molecule has 1 aromatic carbocycles. The van der Waals surface area contributed by atoms with Crippen molar-refractivity contribution < 1.29 is 24.2 Å². The maximum Gasteiger partial charge on any atom is 0.410 e. The van der Waals surface area contributed by atoms with E-state index in [-0.39, 0.29) is 24.8 Å². The van der Waals surface area contributed by atoms with Crippen LogP contribution < -0.4 is 5.32 Å². The van der Waals surface area contributed by atoms with Gasteiger partial charge in [0.1, 0.15) is 12.2 Å². The highest BCUT2D eigenvalue weighted by molar-refractivity contribution is 5.68. The Kier molecular flexibility index (Phi) is 7.62. The summed E-state index contributed by atoms with van der Waals surface area (Å²) in [6.07, 6.45) is 4.68. The summed E-state index contributed by atoms with van der Waals surface area (Å²) in [7, 11) is 0. The molecular formula is C27H41N3O5. The molecule has 1 aliphatic carbocycles. The van der Waals surface area contributed by atoms with Gasteiger partial charge in [0.15, 0.2) is 0 Å². The van der Waals surface area contributed by atoms with Crippen molar-refractivity contribution in [3.63, 3.8) is 0 Å². The fourth-order valence-electron chi connectivity index (χ4n) is 5.62. The average Bonchev–Trinajstić information content (AvgIpc) is 2.78. The highest BCUT2D eigenvalue weighted by atomic mass is 16.6. The van der Waals surface area contributed by atoms with Crippen molar-refractivity contribution >= 4 is 12.2 Å². The lowest BCUT2D eigenvalue weighted by Gasteiger charge is -2.53. The molecule has 35 heavy (non-hydrogen) atoms. The lowest BCUT2D eigenvalue weighted by molar-refractivity contribution is -0.0675. The van der Waals surface area contributed by atoms with Crippen LogP contribution in [0.25, 0.3) is 0 Å². The first-order valence-electron chi connectivity index (χ1n) is 12.9. The number of likely N-dealkylation sites (tertiary alicyclic amines) is 2. The Bertz CT molecular complexity index is 861. The second kappa shape index (κ2) is 10.3. The molecule has 8 nitrogen and oxygen atoms in total. The third kappa shape index (κ3) is 7.10. The Morgan fingerprint density at radius 2 is 1.66 bits per heavy atom. The Balaban J connectivity index is 1.13. The highest BCUT2D eigenvalue weighted by Crippen LogP contribution is 2.49. The summed E-state index contributed by atoms with van der Waals surface area (Å²) in [5.41, 5.74) is 0.0242. The Hall–Kier alpha value is -2.32. The van der Waals surface area contributed by atoms with Crippen molar-refractivity contribution in [2.24, 2.45) is 5.41 Å². The summed E-state index contributed by atoms with van der Waals surface area (Å²) in [6, 6.07) is 9.89. The number of piperidine rings is 2. The van der Waals surface area contributed by atoms with Gasteiger partial charge in [0.2, 0.25) is 0 Å². The molecule has 8 heteroatoms.